The molecule has 7 nitrogen and oxygen atoms in total. The average molecular weight is 652 g/mol. The summed E-state index contributed by atoms with van der Waals surface area (Å²) in [6, 6.07) is 30.4. The first-order valence-corrected chi connectivity index (χ1v) is 17.9. The molecule has 1 aliphatic carbocycles. The van der Waals surface area contributed by atoms with E-state index in [1.54, 1.807) is 35.2 Å². The fraction of sp³-hybridized carbons (Fsp3) is 0.333. The van der Waals surface area contributed by atoms with Crippen LogP contribution in [0.2, 0.25) is 0 Å². The molecule has 0 saturated heterocycles. The van der Waals surface area contributed by atoms with Gasteiger partial charge in [0.1, 0.15) is 12.6 Å². The van der Waals surface area contributed by atoms with E-state index in [-0.39, 0.29) is 23.4 Å². The molecule has 1 fully saturated rings. The zero-order valence-electron chi connectivity index (χ0n) is 27.6. The molecule has 8 heteroatoms. The third kappa shape index (κ3) is 8.69. The maximum absolute atomic E-state index is 14.8. The molecule has 4 aromatic carbocycles. The minimum Gasteiger partial charge on any atom is -0.352 e. The van der Waals surface area contributed by atoms with Gasteiger partial charge in [-0.1, -0.05) is 98.1 Å². The molecular formula is C39H45N3O4S. The normalized spacial score (nSPS) is 14.3. The van der Waals surface area contributed by atoms with E-state index in [2.05, 4.69) is 5.32 Å². The van der Waals surface area contributed by atoms with Gasteiger partial charge in [0.25, 0.3) is 10.0 Å². The summed E-state index contributed by atoms with van der Waals surface area (Å²) in [7, 11) is -4.14. The number of nitrogens with zero attached hydrogens (tertiary/aromatic N) is 2. The van der Waals surface area contributed by atoms with Gasteiger partial charge < -0.3 is 10.2 Å². The highest BCUT2D eigenvalue weighted by molar-refractivity contribution is 7.92. The van der Waals surface area contributed by atoms with Gasteiger partial charge in [-0.15, -0.1) is 0 Å². The first kappa shape index (κ1) is 33.9. The number of aryl methyl sites for hydroxylation is 3. The summed E-state index contributed by atoms with van der Waals surface area (Å²) in [5.41, 5.74) is 4.97. The Morgan fingerprint density at radius 2 is 1.38 bits per heavy atom. The van der Waals surface area contributed by atoms with Crippen LogP contribution < -0.4 is 9.62 Å². The SMILES string of the molecule is Cc1cc(C)cc(N(CC(=O)N(Cc2ccccc2C)[C@H](Cc2ccccc2)C(=O)NC2CCCCC2)S(=O)(=O)c2ccccc2)c1. The van der Waals surface area contributed by atoms with Gasteiger partial charge in [0.05, 0.1) is 10.6 Å². The van der Waals surface area contributed by atoms with Gasteiger partial charge in [0, 0.05) is 19.0 Å². The molecule has 0 unspecified atom stereocenters. The molecule has 47 heavy (non-hydrogen) atoms. The Hall–Kier alpha value is -4.43. The van der Waals surface area contributed by atoms with Crippen molar-refractivity contribution in [3.05, 3.63) is 131 Å². The molecule has 0 aliphatic heterocycles. The highest BCUT2D eigenvalue weighted by Gasteiger charge is 2.35. The summed E-state index contributed by atoms with van der Waals surface area (Å²) in [6.07, 6.45) is 5.38. The standard InChI is InChI=1S/C39H45N3O4S/c1-29-23-30(2)25-35(24-29)42(47(45,46)36-21-11-6-12-22-36)28-38(43)41(27-33-18-14-13-15-31(33)3)37(26-32-16-7-4-8-17-32)39(44)40-34-19-9-5-10-20-34/h4,6-8,11-18,21-25,34,37H,5,9-10,19-20,26-28H2,1-3H3,(H,40,44)/t37-/m1/s1. The fourth-order valence-electron chi connectivity index (χ4n) is 6.41. The Bertz CT molecular complexity index is 1750. The minimum atomic E-state index is -4.14. The van der Waals surface area contributed by atoms with Crippen molar-refractivity contribution in [2.24, 2.45) is 0 Å². The molecule has 1 N–H and O–H groups in total. The fourth-order valence-corrected chi connectivity index (χ4v) is 7.83. The number of hydrogen-bond acceptors (Lipinski definition) is 4. The van der Waals surface area contributed by atoms with E-state index in [0.717, 1.165) is 59.9 Å². The first-order valence-electron chi connectivity index (χ1n) is 16.5. The minimum absolute atomic E-state index is 0.0511. The number of carbonyl (C=O) groups excluding carboxylic acids is 2. The van der Waals surface area contributed by atoms with Crippen LogP contribution in [0.15, 0.2) is 108 Å². The summed E-state index contributed by atoms with van der Waals surface area (Å²) in [6.45, 7) is 5.48. The Labute approximate surface area is 279 Å². The Balaban J connectivity index is 1.58. The van der Waals surface area contributed by atoms with Crippen LogP contribution in [0.4, 0.5) is 5.69 Å². The summed E-state index contributed by atoms with van der Waals surface area (Å²) in [5.74, 6) is -0.668. The molecule has 1 atom stereocenters. The number of hydrogen-bond donors (Lipinski definition) is 1. The van der Waals surface area contributed by atoms with Gasteiger partial charge in [0.15, 0.2) is 0 Å². The molecule has 0 bridgehead atoms. The van der Waals surface area contributed by atoms with E-state index in [0.29, 0.717) is 12.1 Å². The molecule has 246 valence electrons. The molecule has 0 heterocycles. The second-order valence-electron chi connectivity index (χ2n) is 12.7. The molecular weight excluding hydrogens is 607 g/mol. The largest absolute Gasteiger partial charge is 0.352 e. The van der Waals surface area contributed by atoms with Gasteiger partial charge in [-0.05, 0) is 85.7 Å². The van der Waals surface area contributed by atoms with Crippen molar-refractivity contribution in [3.63, 3.8) is 0 Å². The van der Waals surface area contributed by atoms with Crippen LogP contribution >= 0.6 is 0 Å². The topological polar surface area (TPSA) is 86.8 Å². The third-order valence-corrected chi connectivity index (χ3v) is 10.7. The first-order chi connectivity index (χ1) is 22.6. The van der Waals surface area contributed by atoms with Crippen molar-refractivity contribution in [2.75, 3.05) is 10.8 Å². The highest BCUT2D eigenvalue weighted by atomic mass is 32.2. The van der Waals surface area contributed by atoms with Gasteiger partial charge in [-0.3, -0.25) is 13.9 Å². The molecule has 0 radical (unpaired) electrons. The maximum atomic E-state index is 14.8. The number of nitrogens with one attached hydrogen (secondary N) is 1. The van der Waals surface area contributed by atoms with Crippen LogP contribution in [0, 0.1) is 20.8 Å². The van der Waals surface area contributed by atoms with E-state index < -0.39 is 28.5 Å². The Kier molecular flexibility index (Phi) is 11.1. The van der Waals surface area contributed by atoms with Crippen LogP contribution in [-0.2, 0) is 32.6 Å². The van der Waals surface area contributed by atoms with Crippen LogP contribution in [0.5, 0.6) is 0 Å². The van der Waals surface area contributed by atoms with Crippen molar-refractivity contribution in [1.29, 1.82) is 0 Å². The Morgan fingerprint density at radius 3 is 2.02 bits per heavy atom. The lowest BCUT2D eigenvalue weighted by Crippen LogP contribution is -2.55. The predicted octanol–water partition coefficient (Wildman–Crippen LogP) is 6.90. The smallest absolute Gasteiger partial charge is 0.264 e. The quantitative estimate of drug-likeness (QED) is 0.181. The van der Waals surface area contributed by atoms with E-state index in [1.807, 2.05) is 81.4 Å². The zero-order chi connectivity index (χ0) is 33.4. The average Bonchev–Trinajstić information content (AvgIpc) is 3.06. The second-order valence-corrected chi connectivity index (χ2v) is 14.5. The van der Waals surface area contributed by atoms with Crippen LogP contribution in [-0.4, -0.2) is 43.8 Å². The maximum Gasteiger partial charge on any atom is 0.264 e. The second kappa shape index (κ2) is 15.4. The third-order valence-electron chi connectivity index (χ3n) is 8.93. The van der Waals surface area contributed by atoms with E-state index in [9.17, 15) is 18.0 Å². The van der Waals surface area contributed by atoms with Crippen LogP contribution in [0.1, 0.15) is 59.9 Å². The number of carbonyl (C=O) groups is 2. The lowest BCUT2D eigenvalue weighted by molar-refractivity contribution is -0.140. The molecule has 1 saturated carbocycles. The van der Waals surface area contributed by atoms with Crippen molar-refractivity contribution < 1.29 is 18.0 Å². The van der Waals surface area contributed by atoms with Gasteiger partial charge in [0.2, 0.25) is 11.8 Å². The van der Waals surface area contributed by atoms with Crippen molar-refractivity contribution >= 4 is 27.5 Å². The van der Waals surface area contributed by atoms with Crippen molar-refractivity contribution in [1.82, 2.24) is 10.2 Å². The van der Waals surface area contributed by atoms with Crippen molar-refractivity contribution in [3.8, 4) is 0 Å². The summed E-state index contributed by atoms with van der Waals surface area (Å²) in [5, 5.41) is 3.27. The van der Waals surface area contributed by atoms with Gasteiger partial charge in [-0.2, -0.15) is 0 Å². The van der Waals surface area contributed by atoms with E-state index >= 15 is 0 Å². The number of sulfonamides is 1. The zero-order valence-corrected chi connectivity index (χ0v) is 28.4. The predicted molar refractivity (Wildman–Crippen MR) is 188 cm³/mol. The number of amides is 2. The monoisotopic (exact) mass is 651 g/mol. The highest BCUT2D eigenvalue weighted by Crippen LogP contribution is 2.27. The number of benzene rings is 4. The Morgan fingerprint density at radius 1 is 0.787 bits per heavy atom. The summed E-state index contributed by atoms with van der Waals surface area (Å²) < 4.78 is 29.7. The molecule has 0 aromatic heterocycles. The molecule has 2 amide bonds. The summed E-state index contributed by atoms with van der Waals surface area (Å²) in [4.78, 5) is 30.7. The molecule has 5 rings (SSSR count). The van der Waals surface area contributed by atoms with E-state index in [1.165, 1.54) is 16.4 Å². The van der Waals surface area contributed by atoms with Gasteiger partial charge >= 0.3 is 0 Å². The molecule has 1 aliphatic rings. The number of rotatable bonds is 12. The lowest BCUT2D eigenvalue weighted by atomic mass is 9.94. The molecule has 0 spiro atoms. The summed E-state index contributed by atoms with van der Waals surface area (Å²) >= 11 is 0. The van der Waals surface area contributed by atoms with Gasteiger partial charge in [-0.25, -0.2) is 8.42 Å². The van der Waals surface area contributed by atoms with Crippen LogP contribution in [0.3, 0.4) is 0 Å². The number of anilines is 1. The molecule has 4 aromatic rings. The lowest BCUT2D eigenvalue weighted by Gasteiger charge is -2.35. The van der Waals surface area contributed by atoms with E-state index in [4.69, 9.17) is 0 Å². The van der Waals surface area contributed by atoms with Crippen molar-refractivity contribution in [2.45, 2.75) is 82.8 Å². The van der Waals surface area contributed by atoms with Crippen LogP contribution in [0.25, 0.3) is 0 Å².